The molecule has 0 unspecified atom stereocenters. The van der Waals surface area contributed by atoms with Crippen molar-refractivity contribution < 1.29 is 4.74 Å². The summed E-state index contributed by atoms with van der Waals surface area (Å²) >= 11 is 3.53. The molecular formula is C23H36BrN3O. The summed E-state index contributed by atoms with van der Waals surface area (Å²) in [4.78, 5) is 7.41. The minimum absolute atomic E-state index is 0.882. The van der Waals surface area contributed by atoms with E-state index in [0.29, 0.717) is 0 Å². The predicted molar refractivity (Wildman–Crippen MR) is 125 cm³/mol. The second-order valence-electron chi connectivity index (χ2n) is 7.31. The van der Waals surface area contributed by atoms with Crippen LogP contribution in [0, 0.1) is 6.92 Å². The SMILES string of the molecule is CCN(CC)CCCCCCNc1cc(OC)cc2c(C)cc(CCBr)nc12. The summed E-state index contributed by atoms with van der Waals surface area (Å²) in [6, 6.07) is 6.35. The van der Waals surface area contributed by atoms with Gasteiger partial charge in [0.25, 0.3) is 0 Å². The number of hydrogen-bond acceptors (Lipinski definition) is 4. The number of aryl methyl sites for hydroxylation is 2. The number of benzene rings is 1. The zero-order valence-electron chi connectivity index (χ0n) is 18.0. The Labute approximate surface area is 179 Å². The van der Waals surface area contributed by atoms with E-state index in [-0.39, 0.29) is 0 Å². The van der Waals surface area contributed by atoms with Crippen molar-refractivity contribution in [3.8, 4) is 5.75 Å². The van der Waals surface area contributed by atoms with Crippen molar-refractivity contribution in [1.82, 2.24) is 9.88 Å². The number of methoxy groups -OCH3 is 1. The van der Waals surface area contributed by atoms with Gasteiger partial charge in [0, 0.05) is 29.0 Å². The van der Waals surface area contributed by atoms with Crippen LogP contribution in [0.1, 0.15) is 50.8 Å². The van der Waals surface area contributed by atoms with Crippen molar-refractivity contribution in [3.05, 3.63) is 29.5 Å². The Morgan fingerprint density at radius 2 is 1.82 bits per heavy atom. The molecule has 156 valence electrons. The van der Waals surface area contributed by atoms with Crippen molar-refractivity contribution in [2.24, 2.45) is 0 Å². The standard InChI is InChI=1S/C23H36BrN3O/c1-5-27(6-2)14-10-8-7-9-13-25-22-17-20(28-4)16-21-18(3)15-19(11-12-24)26-23(21)22/h15-17,25H,5-14H2,1-4H3. The van der Waals surface area contributed by atoms with E-state index in [1.165, 1.54) is 43.2 Å². The van der Waals surface area contributed by atoms with Crippen LogP contribution in [0.15, 0.2) is 18.2 Å². The van der Waals surface area contributed by atoms with Crippen molar-refractivity contribution in [3.63, 3.8) is 0 Å². The quantitative estimate of drug-likeness (QED) is 0.309. The third kappa shape index (κ3) is 6.63. The molecule has 0 saturated carbocycles. The summed E-state index contributed by atoms with van der Waals surface area (Å²) in [5, 5.41) is 5.71. The van der Waals surface area contributed by atoms with Crippen LogP contribution in [-0.2, 0) is 6.42 Å². The normalized spacial score (nSPS) is 11.4. The molecule has 0 atom stereocenters. The van der Waals surface area contributed by atoms with Crippen LogP contribution >= 0.6 is 15.9 Å². The Bertz CT molecular complexity index is 731. The Balaban J connectivity index is 1.97. The van der Waals surface area contributed by atoms with Crippen LogP contribution < -0.4 is 10.1 Å². The average Bonchev–Trinajstić information content (AvgIpc) is 2.70. The van der Waals surface area contributed by atoms with E-state index in [2.05, 4.69) is 65.1 Å². The summed E-state index contributed by atoms with van der Waals surface area (Å²) < 4.78 is 5.52. The number of nitrogens with one attached hydrogen (secondary N) is 1. The lowest BCUT2D eigenvalue weighted by atomic mass is 10.1. The third-order valence-corrected chi connectivity index (χ3v) is 5.74. The molecule has 0 bridgehead atoms. The summed E-state index contributed by atoms with van der Waals surface area (Å²) in [7, 11) is 1.73. The maximum atomic E-state index is 5.52. The van der Waals surface area contributed by atoms with Gasteiger partial charge in [-0.2, -0.15) is 0 Å². The maximum Gasteiger partial charge on any atom is 0.121 e. The second kappa shape index (κ2) is 12.3. The molecule has 0 saturated heterocycles. The van der Waals surface area contributed by atoms with Gasteiger partial charge in [-0.25, -0.2) is 0 Å². The number of aromatic nitrogens is 1. The Hall–Kier alpha value is -1.33. The molecule has 0 aliphatic rings. The smallest absolute Gasteiger partial charge is 0.121 e. The fourth-order valence-corrected chi connectivity index (χ4v) is 3.99. The van der Waals surface area contributed by atoms with Crippen LogP contribution in [0.3, 0.4) is 0 Å². The first-order valence-electron chi connectivity index (χ1n) is 10.6. The topological polar surface area (TPSA) is 37.4 Å². The summed E-state index contributed by atoms with van der Waals surface area (Å²) in [6.45, 7) is 11.1. The molecule has 0 aliphatic carbocycles. The van der Waals surface area contributed by atoms with Gasteiger partial charge in [-0.15, -0.1) is 0 Å². The van der Waals surface area contributed by atoms with E-state index in [0.717, 1.165) is 54.0 Å². The minimum atomic E-state index is 0.882. The zero-order valence-corrected chi connectivity index (χ0v) is 19.6. The molecule has 5 heteroatoms. The molecule has 1 N–H and O–H groups in total. The van der Waals surface area contributed by atoms with Gasteiger partial charge < -0.3 is 15.0 Å². The molecule has 0 aliphatic heterocycles. The number of hydrogen-bond donors (Lipinski definition) is 1. The molecule has 1 aromatic carbocycles. The predicted octanol–water partition coefficient (Wildman–Crippen LogP) is 5.80. The molecule has 28 heavy (non-hydrogen) atoms. The van der Waals surface area contributed by atoms with Gasteiger partial charge in [0.05, 0.1) is 18.3 Å². The molecule has 4 nitrogen and oxygen atoms in total. The Morgan fingerprint density at radius 1 is 1.07 bits per heavy atom. The fourth-order valence-electron chi connectivity index (χ4n) is 3.59. The van der Waals surface area contributed by atoms with E-state index in [9.17, 15) is 0 Å². The van der Waals surface area contributed by atoms with Crippen molar-refractivity contribution in [1.29, 1.82) is 0 Å². The van der Waals surface area contributed by atoms with Crippen molar-refractivity contribution in [2.45, 2.75) is 52.9 Å². The van der Waals surface area contributed by atoms with Gasteiger partial charge >= 0.3 is 0 Å². The first-order chi connectivity index (χ1) is 13.6. The molecular weight excluding hydrogens is 414 g/mol. The zero-order chi connectivity index (χ0) is 20.4. The average molecular weight is 450 g/mol. The molecule has 2 aromatic rings. The van der Waals surface area contributed by atoms with E-state index in [1.54, 1.807) is 7.11 Å². The number of rotatable bonds is 13. The van der Waals surface area contributed by atoms with Crippen molar-refractivity contribution in [2.75, 3.05) is 43.9 Å². The highest BCUT2D eigenvalue weighted by Crippen LogP contribution is 2.31. The molecule has 1 heterocycles. The molecule has 2 rings (SSSR count). The number of anilines is 1. The lowest BCUT2D eigenvalue weighted by Crippen LogP contribution is -2.23. The van der Waals surface area contributed by atoms with Crippen LogP contribution in [0.4, 0.5) is 5.69 Å². The second-order valence-corrected chi connectivity index (χ2v) is 8.10. The fraction of sp³-hybridized carbons (Fsp3) is 0.609. The highest BCUT2D eigenvalue weighted by molar-refractivity contribution is 9.09. The highest BCUT2D eigenvalue weighted by atomic mass is 79.9. The lowest BCUT2D eigenvalue weighted by molar-refractivity contribution is 0.295. The maximum absolute atomic E-state index is 5.52. The number of halogens is 1. The van der Waals surface area contributed by atoms with Crippen LogP contribution in [0.25, 0.3) is 10.9 Å². The molecule has 1 aromatic heterocycles. The summed E-state index contributed by atoms with van der Waals surface area (Å²) in [5.41, 5.74) is 4.51. The first-order valence-corrected chi connectivity index (χ1v) is 11.8. The van der Waals surface area contributed by atoms with Gasteiger partial charge in [-0.3, -0.25) is 4.98 Å². The Morgan fingerprint density at radius 3 is 2.50 bits per heavy atom. The lowest BCUT2D eigenvalue weighted by Gasteiger charge is -2.17. The van der Waals surface area contributed by atoms with E-state index in [1.807, 2.05) is 0 Å². The van der Waals surface area contributed by atoms with Gasteiger partial charge in [0.1, 0.15) is 5.75 Å². The highest BCUT2D eigenvalue weighted by Gasteiger charge is 2.10. The number of alkyl halides is 1. The van der Waals surface area contributed by atoms with Gasteiger partial charge in [-0.05, 0) is 63.5 Å². The van der Waals surface area contributed by atoms with E-state index in [4.69, 9.17) is 9.72 Å². The monoisotopic (exact) mass is 449 g/mol. The van der Waals surface area contributed by atoms with Gasteiger partial charge in [0.15, 0.2) is 0 Å². The summed E-state index contributed by atoms with van der Waals surface area (Å²) in [6.07, 6.45) is 5.97. The number of ether oxygens (including phenoxy) is 1. The van der Waals surface area contributed by atoms with Gasteiger partial charge in [0.2, 0.25) is 0 Å². The van der Waals surface area contributed by atoms with Crippen LogP contribution in [-0.4, -0.2) is 48.5 Å². The van der Waals surface area contributed by atoms with Crippen molar-refractivity contribution >= 4 is 32.5 Å². The number of unbranched alkanes of at least 4 members (excludes halogenated alkanes) is 3. The van der Waals surface area contributed by atoms with Crippen LogP contribution in [0.5, 0.6) is 5.75 Å². The molecule has 0 spiro atoms. The molecule has 0 radical (unpaired) electrons. The van der Waals surface area contributed by atoms with Crippen LogP contribution in [0.2, 0.25) is 0 Å². The number of fused-ring (bicyclic) bond motifs is 1. The first kappa shape index (κ1) is 23.0. The van der Waals surface area contributed by atoms with Gasteiger partial charge in [-0.1, -0.05) is 42.6 Å². The summed E-state index contributed by atoms with van der Waals surface area (Å²) in [5.74, 6) is 0.882. The molecule has 0 fully saturated rings. The third-order valence-electron chi connectivity index (χ3n) is 5.34. The Kier molecular flexibility index (Phi) is 10.1. The van der Waals surface area contributed by atoms with E-state index >= 15 is 0 Å². The largest absolute Gasteiger partial charge is 0.497 e. The van der Waals surface area contributed by atoms with E-state index < -0.39 is 0 Å². The minimum Gasteiger partial charge on any atom is -0.497 e. The number of nitrogens with zero attached hydrogens (tertiary/aromatic N) is 2. The number of pyridine rings is 1. The molecule has 0 amide bonds.